The van der Waals surface area contributed by atoms with E-state index in [2.05, 4.69) is 29.5 Å². The average Bonchev–Trinajstić information content (AvgIpc) is 2.43. The van der Waals surface area contributed by atoms with Crippen molar-refractivity contribution in [3.05, 3.63) is 29.8 Å². The summed E-state index contributed by atoms with van der Waals surface area (Å²) in [6, 6.07) is 8.08. The second kappa shape index (κ2) is 11.8. The number of nitrogens with zero attached hydrogens (tertiary/aromatic N) is 1. The third-order valence-electron chi connectivity index (χ3n) is 2.73. The van der Waals surface area contributed by atoms with Gasteiger partial charge in [0.25, 0.3) is 0 Å². The maximum Gasteiger partial charge on any atom is 0.191 e. The van der Waals surface area contributed by atoms with Gasteiger partial charge in [-0.15, -0.1) is 24.0 Å². The van der Waals surface area contributed by atoms with Crippen LogP contribution in [0.3, 0.4) is 0 Å². The molecule has 0 atom stereocenters. The molecule has 5 heteroatoms. The van der Waals surface area contributed by atoms with Gasteiger partial charge in [-0.05, 0) is 25.5 Å². The molecule has 20 heavy (non-hydrogen) atoms. The summed E-state index contributed by atoms with van der Waals surface area (Å²) in [7, 11) is 1.78. The molecule has 0 saturated carbocycles. The van der Waals surface area contributed by atoms with E-state index in [1.54, 1.807) is 7.05 Å². The second-order valence-corrected chi connectivity index (χ2v) is 4.44. The summed E-state index contributed by atoms with van der Waals surface area (Å²) in [5.74, 6) is 1.74. The molecule has 0 radical (unpaired) electrons. The number of ether oxygens (including phenoxy) is 1. The van der Waals surface area contributed by atoms with E-state index in [9.17, 15) is 0 Å². The molecule has 0 bridgehead atoms. The predicted octanol–water partition coefficient (Wildman–Crippen LogP) is 2.96. The van der Waals surface area contributed by atoms with Gasteiger partial charge >= 0.3 is 0 Å². The highest BCUT2D eigenvalue weighted by atomic mass is 127. The van der Waals surface area contributed by atoms with Gasteiger partial charge in [-0.3, -0.25) is 4.99 Å². The van der Waals surface area contributed by atoms with E-state index in [0.29, 0.717) is 6.61 Å². The number of halogens is 1. The average molecular weight is 391 g/mol. The molecule has 1 rings (SSSR count). The molecule has 0 amide bonds. The van der Waals surface area contributed by atoms with Crippen LogP contribution in [-0.2, 0) is 0 Å². The zero-order valence-corrected chi connectivity index (χ0v) is 14.9. The first-order chi connectivity index (χ1) is 9.26. The van der Waals surface area contributed by atoms with Crippen LogP contribution >= 0.6 is 24.0 Å². The predicted molar refractivity (Wildman–Crippen MR) is 96.4 cm³/mol. The normalized spacial score (nSPS) is 10.7. The molecule has 0 aliphatic rings. The van der Waals surface area contributed by atoms with Crippen LogP contribution in [0.1, 0.15) is 25.3 Å². The molecule has 0 heterocycles. The highest BCUT2D eigenvalue weighted by molar-refractivity contribution is 14.0. The monoisotopic (exact) mass is 391 g/mol. The Hall–Kier alpha value is -0.980. The Morgan fingerprint density at radius 1 is 1.15 bits per heavy atom. The van der Waals surface area contributed by atoms with Crippen LogP contribution in [0.5, 0.6) is 5.75 Å². The fourth-order valence-corrected chi connectivity index (χ4v) is 1.58. The van der Waals surface area contributed by atoms with E-state index in [-0.39, 0.29) is 24.0 Å². The fraction of sp³-hybridized carbons (Fsp3) is 0.533. The van der Waals surface area contributed by atoms with Crippen LogP contribution in [0.2, 0.25) is 0 Å². The fourth-order valence-electron chi connectivity index (χ4n) is 1.58. The molecule has 1 aromatic carbocycles. The van der Waals surface area contributed by atoms with Crippen molar-refractivity contribution >= 4 is 29.9 Å². The van der Waals surface area contributed by atoms with Crippen molar-refractivity contribution < 1.29 is 4.74 Å². The van der Waals surface area contributed by atoms with E-state index in [1.165, 1.54) is 12.0 Å². The van der Waals surface area contributed by atoms with Crippen LogP contribution in [0, 0.1) is 6.92 Å². The highest BCUT2D eigenvalue weighted by Gasteiger charge is 1.97. The van der Waals surface area contributed by atoms with E-state index < -0.39 is 0 Å². The summed E-state index contributed by atoms with van der Waals surface area (Å²) in [6.45, 7) is 6.55. The number of hydrogen-bond acceptors (Lipinski definition) is 2. The van der Waals surface area contributed by atoms with E-state index >= 15 is 0 Å². The summed E-state index contributed by atoms with van der Waals surface area (Å²) >= 11 is 0. The molecule has 0 aromatic heterocycles. The van der Waals surface area contributed by atoms with Crippen molar-refractivity contribution in [3.8, 4) is 5.75 Å². The Labute approximate surface area is 139 Å². The third kappa shape index (κ3) is 8.24. The number of benzene rings is 1. The Morgan fingerprint density at radius 3 is 2.40 bits per heavy atom. The minimum atomic E-state index is 0. The summed E-state index contributed by atoms with van der Waals surface area (Å²) in [5, 5.41) is 6.48. The maximum atomic E-state index is 5.64. The number of aliphatic imine (C=N–C) groups is 1. The highest BCUT2D eigenvalue weighted by Crippen LogP contribution is 2.10. The zero-order valence-electron chi connectivity index (χ0n) is 12.6. The molecule has 0 aliphatic carbocycles. The summed E-state index contributed by atoms with van der Waals surface area (Å²) in [4.78, 5) is 4.15. The molecule has 0 saturated heterocycles. The lowest BCUT2D eigenvalue weighted by Gasteiger charge is -2.12. The minimum absolute atomic E-state index is 0. The van der Waals surface area contributed by atoms with Gasteiger partial charge in [0.15, 0.2) is 5.96 Å². The number of unbranched alkanes of at least 4 members (excludes halogenated alkanes) is 1. The molecule has 2 N–H and O–H groups in total. The Balaban J connectivity index is 0.00000361. The van der Waals surface area contributed by atoms with Gasteiger partial charge in [-0.25, -0.2) is 0 Å². The standard InChI is InChI=1S/C15H25N3O.HI/c1-4-5-10-17-15(16-3)18-11-12-19-14-8-6-13(2)7-9-14;/h6-9H,4-5,10-12H2,1-3H3,(H2,16,17,18);1H. The van der Waals surface area contributed by atoms with Crippen LogP contribution in [0.4, 0.5) is 0 Å². The lowest BCUT2D eigenvalue weighted by Crippen LogP contribution is -2.39. The van der Waals surface area contributed by atoms with Crippen molar-refractivity contribution in [2.24, 2.45) is 4.99 Å². The van der Waals surface area contributed by atoms with E-state index in [4.69, 9.17) is 4.74 Å². The largest absolute Gasteiger partial charge is 0.492 e. The van der Waals surface area contributed by atoms with Crippen molar-refractivity contribution in [2.75, 3.05) is 26.7 Å². The van der Waals surface area contributed by atoms with Gasteiger partial charge in [-0.1, -0.05) is 31.0 Å². The van der Waals surface area contributed by atoms with Gasteiger partial charge < -0.3 is 15.4 Å². The molecule has 0 unspecified atom stereocenters. The first kappa shape index (κ1) is 19.0. The van der Waals surface area contributed by atoms with Crippen LogP contribution in [0.25, 0.3) is 0 Å². The van der Waals surface area contributed by atoms with Crippen molar-refractivity contribution in [3.63, 3.8) is 0 Å². The number of nitrogens with one attached hydrogen (secondary N) is 2. The van der Waals surface area contributed by atoms with Gasteiger partial charge in [0.1, 0.15) is 12.4 Å². The van der Waals surface area contributed by atoms with E-state index in [1.807, 2.05) is 24.3 Å². The maximum absolute atomic E-state index is 5.64. The van der Waals surface area contributed by atoms with Crippen LogP contribution in [0.15, 0.2) is 29.3 Å². The molecule has 0 aliphatic heterocycles. The molecule has 114 valence electrons. The van der Waals surface area contributed by atoms with Crippen molar-refractivity contribution in [1.82, 2.24) is 10.6 Å². The molecule has 0 fully saturated rings. The first-order valence-corrected chi connectivity index (χ1v) is 6.90. The Morgan fingerprint density at radius 2 is 1.80 bits per heavy atom. The van der Waals surface area contributed by atoms with Crippen LogP contribution < -0.4 is 15.4 Å². The lowest BCUT2D eigenvalue weighted by atomic mass is 10.2. The van der Waals surface area contributed by atoms with E-state index in [0.717, 1.165) is 31.2 Å². The number of guanidine groups is 1. The summed E-state index contributed by atoms with van der Waals surface area (Å²) < 4.78 is 5.64. The quantitative estimate of drug-likeness (QED) is 0.325. The topological polar surface area (TPSA) is 45.7 Å². The number of rotatable bonds is 7. The number of aryl methyl sites for hydroxylation is 1. The third-order valence-corrected chi connectivity index (χ3v) is 2.73. The molecule has 4 nitrogen and oxygen atoms in total. The SMILES string of the molecule is CCCCNC(=NC)NCCOc1ccc(C)cc1.I. The van der Waals surface area contributed by atoms with Gasteiger partial charge in [0.05, 0.1) is 6.54 Å². The van der Waals surface area contributed by atoms with Gasteiger partial charge in [0.2, 0.25) is 0 Å². The Kier molecular flexibility index (Phi) is 11.2. The van der Waals surface area contributed by atoms with Gasteiger partial charge in [0, 0.05) is 13.6 Å². The van der Waals surface area contributed by atoms with Crippen molar-refractivity contribution in [1.29, 1.82) is 0 Å². The Bertz CT molecular complexity index is 379. The molecule has 1 aromatic rings. The second-order valence-electron chi connectivity index (χ2n) is 4.44. The van der Waals surface area contributed by atoms with Gasteiger partial charge in [-0.2, -0.15) is 0 Å². The molecule has 0 spiro atoms. The summed E-state index contributed by atoms with van der Waals surface area (Å²) in [6.07, 6.45) is 2.33. The smallest absolute Gasteiger partial charge is 0.191 e. The first-order valence-electron chi connectivity index (χ1n) is 6.90. The van der Waals surface area contributed by atoms with Crippen molar-refractivity contribution in [2.45, 2.75) is 26.7 Å². The summed E-state index contributed by atoms with van der Waals surface area (Å²) in [5.41, 5.74) is 1.24. The number of hydrogen-bond donors (Lipinski definition) is 2. The lowest BCUT2D eigenvalue weighted by molar-refractivity contribution is 0.322. The zero-order chi connectivity index (χ0) is 13.9. The molecular weight excluding hydrogens is 365 g/mol. The van der Waals surface area contributed by atoms with Crippen LogP contribution in [-0.4, -0.2) is 32.7 Å². The molecular formula is C15H26IN3O. The minimum Gasteiger partial charge on any atom is -0.492 e.